The molecule has 0 atom stereocenters. The molecule has 1 saturated heterocycles. The van der Waals surface area contributed by atoms with Crippen LogP contribution in [0.4, 0.5) is 20.4 Å². The third kappa shape index (κ3) is 1.99. The van der Waals surface area contributed by atoms with Crippen molar-refractivity contribution in [1.82, 2.24) is 10.3 Å². The van der Waals surface area contributed by atoms with Crippen molar-refractivity contribution in [2.24, 2.45) is 0 Å². The van der Waals surface area contributed by atoms with Gasteiger partial charge in [0, 0.05) is 32.2 Å². The number of aromatic nitrogens is 1. The maximum absolute atomic E-state index is 13.4. The Bertz CT molecular complexity index is 363. The number of nitrogens with one attached hydrogen (secondary N) is 1. The van der Waals surface area contributed by atoms with E-state index in [4.69, 9.17) is 5.73 Å². The lowest BCUT2D eigenvalue weighted by molar-refractivity contribution is 0.545. The minimum absolute atomic E-state index is 0.135. The lowest BCUT2D eigenvalue weighted by Gasteiger charge is -2.28. The summed E-state index contributed by atoms with van der Waals surface area (Å²) in [5.41, 5.74) is 5.30. The molecule has 0 bridgehead atoms. The Morgan fingerprint density at radius 3 is 2.60 bits per heavy atom. The zero-order chi connectivity index (χ0) is 10.8. The van der Waals surface area contributed by atoms with Crippen molar-refractivity contribution in [1.29, 1.82) is 0 Å². The summed E-state index contributed by atoms with van der Waals surface area (Å²) >= 11 is 0. The Labute approximate surface area is 86.1 Å². The molecule has 3 N–H and O–H groups in total. The molecule has 1 aliphatic heterocycles. The summed E-state index contributed by atoms with van der Waals surface area (Å²) in [5, 5.41) is 3.13. The number of hydrogen-bond donors (Lipinski definition) is 2. The molecule has 0 aliphatic carbocycles. The molecule has 0 aromatic carbocycles. The van der Waals surface area contributed by atoms with E-state index in [2.05, 4.69) is 10.3 Å². The Balaban J connectivity index is 2.30. The van der Waals surface area contributed by atoms with Gasteiger partial charge in [-0.25, -0.2) is 13.8 Å². The van der Waals surface area contributed by atoms with Gasteiger partial charge in [-0.15, -0.1) is 0 Å². The number of nitrogens with zero attached hydrogens (tertiary/aromatic N) is 2. The molecule has 2 rings (SSSR count). The van der Waals surface area contributed by atoms with Crippen molar-refractivity contribution in [2.45, 2.75) is 0 Å². The topological polar surface area (TPSA) is 54.2 Å². The average Bonchev–Trinajstić information content (AvgIpc) is 2.25. The van der Waals surface area contributed by atoms with Crippen LogP contribution in [0.15, 0.2) is 6.07 Å². The van der Waals surface area contributed by atoms with Crippen molar-refractivity contribution >= 4 is 11.6 Å². The minimum Gasteiger partial charge on any atom is -0.381 e. The van der Waals surface area contributed by atoms with Crippen molar-refractivity contribution in [3.63, 3.8) is 0 Å². The van der Waals surface area contributed by atoms with Crippen molar-refractivity contribution in [3.8, 4) is 0 Å². The predicted octanol–water partition coefficient (Wildman–Crippen LogP) is 0.352. The second-order valence-corrected chi connectivity index (χ2v) is 3.40. The van der Waals surface area contributed by atoms with Crippen LogP contribution in [0.1, 0.15) is 0 Å². The maximum atomic E-state index is 13.4. The van der Waals surface area contributed by atoms with Gasteiger partial charge in [-0.2, -0.15) is 0 Å². The van der Waals surface area contributed by atoms with Gasteiger partial charge >= 0.3 is 0 Å². The van der Waals surface area contributed by atoms with Crippen LogP contribution in [0, 0.1) is 11.6 Å². The number of nitrogen functional groups attached to an aromatic ring is 1. The minimum atomic E-state index is -0.814. The maximum Gasteiger partial charge on any atom is 0.168 e. The summed E-state index contributed by atoms with van der Waals surface area (Å²) in [6.07, 6.45) is 0. The summed E-state index contributed by atoms with van der Waals surface area (Å²) in [7, 11) is 0. The summed E-state index contributed by atoms with van der Waals surface area (Å²) in [6.45, 7) is 2.82. The van der Waals surface area contributed by atoms with Gasteiger partial charge in [-0.1, -0.05) is 0 Å². The highest BCUT2D eigenvalue weighted by Crippen LogP contribution is 2.20. The molecule has 82 valence electrons. The third-order valence-corrected chi connectivity index (χ3v) is 2.35. The molecule has 6 heteroatoms. The van der Waals surface area contributed by atoms with Gasteiger partial charge in [0.1, 0.15) is 0 Å². The molecule has 1 fully saturated rings. The Morgan fingerprint density at radius 1 is 1.27 bits per heavy atom. The van der Waals surface area contributed by atoms with Crippen LogP contribution >= 0.6 is 0 Å². The summed E-state index contributed by atoms with van der Waals surface area (Å²) in [5.74, 6) is -1.60. The first-order valence-electron chi connectivity index (χ1n) is 4.75. The molecule has 0 saturated carbocycles. The van der Waals surface area contributed by atoms with Gasteiger partial charge in [0.25, 0.3) is 0 Å². The van der Waals surface area contributed by atoms with Gasteiger partial charge in [-0.05, 0) is 0 Å². The van der Waals surface area contributed by atoms with Crippen LogP contribution in [-0.4, -0.2) is 31.2 Å². The molecule has 15 heavy (non-hydrogen) atoms. The SMILES string of the molecule is Nc1nc(N2CCNCC2)c(F)cc1F. The number of anilines is 2. The lowest BCUT2D eigenvalue weighted by Crippen LogP contribution is -2.44. The fourth-order valence-corrected chi connectivity index (χ4v) is 1.57. The van der Waals surface area contributed by atoms with E-state index < -0.39 is 11.6 Å². The van der Waals surface area contributed by atoms with E-state index in [9.17, 15) is 8.78 Å². The molecule has 4 nitrogen and oxygen atoms in total. The van der Waals surface area contributed by atoms with Gasteiger partial charge in [-0.3, -0.25) is 0 Å². The molecular formula is C9H12F2N4. The average molecular weight is 214 g/mol. The molecule has 0 radical (unpaired) electrons. The lowest BCUT2D eigenvalue weighted by atomic mass is 10.3. The summed E-state index contributed by atoms with van der Waals surface area (Å²) < 4.78 is 26.3. The first kappa shape index (κ1) is 10.1. The molecule has 0 unspecified atom stereocenters. The van der Waals surface area contributed by atoms with Gasteiger partial charge in [0.05, 0.1) is 0 Å². The zero-order valence-electron chi connectivity index (χ0n) is 8.13. The van der Waals surface area contributed by atoms with Crippen LogP contribution in [-0.2, 0) is 0 Å². The number of piperazine rings is 1. The molecule has 0 spiro atoms. The highest BCUT2D eigenvalue weighted by Gasteiger charge is 2.17. The second kappa shape index (κ2) is 3.98. The van der Waals surface area contributed by atoms with Crippen molar-refractivity contribution in [3.05, 3.63) is 17.7 Å². The van der Waals surface area contributed by atoms with Crippen molar-refractivity contribution < 1.29 is 8.78 Å². The molecule has 1 aliphatic rings. The van der Waals surface area contributed by atoms with E-state index in [0.717, 1.165) is 19.2 Å². The Morgan fingerprint density at radius 2 is 1.93 bits per heavy atom. The predicted molar refractivity (Wildman–Crippen MR) is 53.6 cm³/mol. The number of halogens is 2. The fraction of sp³-hybridized carbons (Fsp3) is 0.444. The molecule has 1 aromatic heterocycles. The standard InChI is InChI=1S/C9H12F2N4/c10-6-5-7(11)9(14-8(6)12)15-3-1-13-2-4-15/h5,13H,1-4H2,(H2,12,14). The number of rotatable bonds is 1. The highest BCUT2D eigenvalue weighted by molar-refractivity contribution is 5.47. The van der Waals surface area contributed by atoms with Crippen LogP contribution in [0.3, 0.4) is 0 Å². The highest BCUT2D eigenvalue weighted by atomic mass is 19.1. The Kier molecular flexibility index (Phi) is 2.68. The van der Waals surface area contributed by atoms with E-state index in [-0.39, 0.29) is 11.6 Å². The third-order valence-electron chi connectivity index (χ3n) is 2.35. The number of pyridine rings is 1. The fourth-order valence-electron chi connectivity index (χ4n) is 1.57. The van der Waals surface area contributed by atoms with Gasteiger partial charge in [0.15, 0.2) is 23.3 Å². The quantitative estimate of drug-likeness (QED) is 0.708. The summed E-state index contributed by atoms with van der Waals surface area (Å²) in [4.78, 5) is 5.47. The zero-order valence-corrected chi connectivity index (χ0v) is 8.13. The van der Waals surface area contributed by atoms with Gasteiger partial charge in [0.2, 0.25) is 0 Å². The molecular weight excluding hydrogens is 202 g/mol. The molecule has 0 amide bonds. The first-order chi connectivity index (χ1) is 7.18. The second-order valence-electron chi connectivity index (χ2n) is 3.40. The summed E-state index contributed by atoms with van der Waals surface area (Å²) in [6, 6.07) is 0.777. The van der Waals surface area contributed by atoms with Crippen LogP contribution in [0.2, 0.25) is 0 Å². The number of hydrogen-bond acceptors (Lipinski definition) is 4. The Hall–Kier alpha value is -1.43. The first-order valence-corrected chi connectivity index (χ1v) is 4.75. The van der Waals surface area contributed by atoms with Crippen LogP contribution in [0.25, 0.3) is 0 Å². The molecule has 2 heterocycles. The smallest absolute Gasteiger partial charge is 0.168 e. The normalized spacial score (nSPS) is 16.8. The van der Waals surface area contributed by atoms with E-state index in [1.807, 2.05) is 0 Å². The van der Waals surface area contributed by atoms with E-state index >= 15 is 0 Å². The van der Waals surface area contributed by atoms with Crippen LogP contribution < -0.4 is 16.0 Å². The number of nitrogens with two attached hydrogens (primary N) is 1. The molecule has 1 aromatic rings. The van der Waals surface area contributed by atoms with Gasteiger partial charge < -0.3 is 16.0 Å². The monoisotopic (exact) mass is 214 g/mol. The largest absolute Gasteiger partial charge is 0.381 e. The van der Waals surface area contributed by atoms with Crippen molar-refractivity contribution in [2.75, 3.05) is 36.8 Å². The van der Waals surface area contributed by atoms with E-state index in [1.54, 1.807) is 4.90 Å². The van der Waals surface area contributed by atoms with E-state index in [0.29, 0.717) is 13.1 Å². The van der Waals surface area contributed by atoms with E-state index in [1.165, 1.54) is 0 Å². The van der Waals surface area contributed by atoms with Crippen LogP contribution in [0.5, 0.6) is 0 Å².